The first-order valence-corrected chi connectivity index (χ1v) is 12.2. The van der Waals surface area contributed by atoms with Gasteiger partial charge in [0.05, 0.1) is 27.9 Å². The van der Waals surface area contributed by atoms with Crippen LogP contribution in [0.4, 0.5) is 5.69 Å². The second kappa shape index (κ2) is 10.2. The number of pyridine rings is 1. The summed E-state index contributed by atoms with van der Waals surface area (Å²) < 4.78 is 13.6. The molecule has 1 fully saturated rings. The summed E-state index contributed by atoms with van der Waals surface area (Å²) >= 11 is 13.7. The van der Waals surface area contributed by atoms with E-state index in [0.717, 1.165) is 21.4 Å². The molecule has 1 aliphatic rings. The van der Waals surface area contributed by atoms with Crippen LogP contribution in [0.2, 0.25) is 0 Å². The molecule has 0 atom stereocenters. The van der Waals surface area contributed by atoms with Gasteiger partial charge in [-0.2, -0.15) is 0 Å². The largest absolute Gasteiger partial charge is 0.493 e. The van der Waals surface area contributed by atoms with E-state index in [1.165, 1.54) is 16.7 Å². The zero-order valence-electron chi connectivity index (χ0n) is 16.7. The van der Waals surface area contributed by atoms with Crippen molar-refractivity contribution >= 4 is 77.8 Å². The highest BCUT2D eigenvalue weighted by molar-refractivity contribution is 9.10. The molecule has 1 saturated heterocycles. The molecule has 0 unspecified atom stereocenters. The summed E-state index contributed by atoms with van der Waals surface area (Å²) in [6, 6.07) is 16.8. The van der Waals surface area contributed by atoms with Crippen LogP contribution < -0.4 is 14.4 Å². The zero-order valence-corrected chi connectivity index (χ0v) is 21.6. The van der Waals surface area contributed by atoms with Crippen LogP contribution >= 0.6 is 55.8 Å². The molecule has 1 aromatic heterocycles. The summed E-state index contributed by atoms with van der Waals surface area (Å²) in [6.07, 6.45) is 3.52. The third kappa shape index (κ3) is 5.06. The average molecular weight is 592 g/mol. The molecular weight excluding hydrogens is 576 g/mol. The summed E-state index contributed by atoms with van der Waals surface area (Å²) in [7, 11) is 1.58. The molecule has 1 amide bonds. The van der Waals surface area contributed by atoms with Crippen molar-refractivity contribution in [3.05, 3.63) is 85.9 Å². The minimum atomic E-state index is -0.159. The minimum absolute atomic E-state index is 0.159. The quantitative estimate of drug-likeness (QED) is 0.238. The molecule has 5 nitrogen and oxygen atoms in total. The Bertz CT molecular complexity index is 1200. The lowest BCUT2D eigenvalue weighted by Gasteiger charge is -2.14. The van der Waals surface area contributed by atoms with E-state index in [2.05, 4.69) is 36.8 Å². The van der Waals surface area contributed by atoms with Crippen LogP contribution in [0, 0.1) is 0 Å². The normalized spacial score (nSPS) is 14.8. The average Bonchev–Trinajstić information content (AvgIpc) is 3.06. The van der Waals surface area contributed by atoms with E-state index in [0.29, 0.717) is 31.8 Å². The first-order chi connectivity index (χ1) is 15.5. The van der Waals surface area contributed by atoms with E-state index in [1.54, 1.807) is 19.4 Å². The highest BCUT2D eigenvalue weighted by Gasteiger charge is 2.33. The fourth-order valence-electron chi connectivity index (χ4n) is 3.02. The molecule has 0 aliphatic carbocycles. The molecular formula is C23H16Br2N2O3S2. The van der Waals surface area contributed by atoms with E-state index < -0.39 is 0 Å². The Balaban J connectivity index is 1.58. The van der Waals surface area contributed by atoms with Gasteiger partial charge in [0, 0.05) is 10.7 Å². The number of amides is 1. The Morgan fingerprint density at radius 1 is 1.16 bits per heavy atom. The summed E-state index contributed by atoms with van der Waals surface area (Å²) in [4.78, 5) is 19.4. The van der Waals surface area contributed by atoms with E-state index >= 15 is 0 Å². The minimum Gasteiger partial charge on any atom is -0.493 e. The number of halogens is 2. The van der Waals surface area contributed by atoms with Crippen molar-refractivity contribution in [2.45, 2.75) is 6.61 Å². The number of carbonyl (C=O) groups excluding carboxylic acids is 1. The smallest absolute Gasteiger partial charge is 0.270 e. The molecule has 4 rings (SSSR count). The Hall–Kier alpha value is -2.20. The topological polar surface area (TPSA) is 51.7 Å². The lowest BCUT2D eigenvalue weighted by Crippen LogP contribution is -2.27. The predicted octanol–water partition coefficient (Wildman–Crippen LogP) is 6.60. The zero-order chi connectivity index (χ0) is 22.7. The van der Waals surface area contributed by atoms with Gasteiger partial charge < -0.3 is 9.47 Å². The summed E-state index contributed by atoms with van der Waals surface area (Å²) in [5.41, 5.74) is 2.33. The van der Waals surface area contributed by atoms with E-state index in [1.807, 2.05) is 54.6 Å². The van der Waals surface area contributed by atoms with Gasteiger partial charge >= 0.3 is 0 Å². The van der Waals surface area contributed by atoms with Crippen LogP contribution in [0.5, 0.6) is 11.5 Å². The molecule has 0 spiro atoms. The van der Waals surface area contributed by atoms with Gasteiger partial charge in [-0.3, -0.25) is 14.7 Å². The molecule has 32 heavy (non-hydrogen) atoms. The molecule has 0 N–H and O–H groups in total. The van der Waals surface area contributed by atoms with Crippen LogP contribution in [0.25, 0.3) is 6.08 Å². The maximum absolute atomic E-state index is 13.0. The number of anilines is 1. The fourth-order valence-corrected chi connectivity index (χ4v) is 5.16. The van der Waals surface area contributed by atoms with Gasteiger partial charge in [0.25, 0.3) is 5.91 Å². The van der Waals surface area contributed by atoms with Crippen LogP contribution in [0.15, 0.2) is 74.6 Å². The van der Waals surface area contributed by atoms with Crippen molar-refractivity contribution in [2.24, 2.45) is 0 Å². The predicted molar refractivity (Wildman–Crippen MR) is 139 cm³/mol. The van der Waals surface area contributed by atoms with Gasteiger partial charge in [-0.1, -0.05) is 46.0 Å². The first kappa shape index (κ1) is 23.0. The van der Waals surface area contributed by atoms with Crippen molar-refractivity contribution in [3.63, 3.8) is 0 Å². The van der Waals surface area contributed by atoms with Gasteiger partial charge in [-0.05, 0) is 76.1 Å². The number of methoxy groups -OCH3 is 1. The number of hydrogen-bond donors (Lipinski definition) is 0. The van der Waals surface area contributed by atoms with E-state index in [9.17, 15) is 4.79 Å². The van der Waals surface area contributed by atoms with Crippen molar-refractivity contribution in [1.82, 2.24) is 4.98 Å². The van der Waals surface area contributed by atoms with Gasteiger partial charge in [-0.25, -0.2) is 0 Å². The van der Waals surface area contributed by atoms with Crippen LogP contribution in [0.3, 0.4) is 0 Å². The number of carbonyl (C=O) groups is 1. The maximum atomic E-state index is 13.0. The highest BCUT2D eigenvalue weighted by Crippen LogP contribution is 2.40. The SMILES string of the molecule is COc1cc(/C=C2/SC(=S)N(c3ccc(Br)cc3)C2=O)cc(Br)c1OCc1ccccn1. The van der Waals surface area contributed by atoms with Gasteiger partial charge in [0.15, 0.2) is 15.8 Å². The molecule has 0 saturated carbocycles. The van der Waals surface area contributed by atoms with Crippen LogP contribution in [-0.2, 0) is 11.4 Å². The van der Waals surface area contributed by atoms with Gasteiger partial charge in [-0.15, -0.1) is 0 Å². The number of ether oxygens (including phenoxy) is 2. The van der Waals surface area contributed by atoms with Crippen molar-refractivity contribution in [1.29, 1.82) is 0 Å². The molecule has 1 aliphatic heterocycles. The number of aromatic nitrogens is 1. The standard InChI is InChI=1S/C23H16Br2N2O3S2/c1-29-19-11-14(10-18(25)21(19)30-13-16-4-2-3-9-26-16)12-20-22(28)27(23(31)32-20)17-7-5-15(24)6-8-17/h2-12H,13H2,1H3/b20-12+. The summed E-state index contributed by atoms with van der Waals surface area (Å²) in [5.74, 6) is 0.954. The third-order valence-corrected chi connectivity index (χ3v) is 6.94. The number of rotatable bonds is 6. The molecule has 2 aromatic carbocycles. The molecule has 0 bridgehead atoms. The number of benzene rings is 2. The van der Waals surface area contributed by atoms with Crippen molar-refractivity contribution in [3.8, 4) is 11.5 Å². The Kier molecular flexibility index (Phi) is 7.30. The highest BCUT2D eigenvalue weighted by atomic mass is 79.9. The number of thiocarbonyl (C=S) groups is 1. The van der Waals surface area contributed by atoms with Crippen molar-refractivity contribution < 1.29 is 14.3 Å². The molecule has 9 heteroatoms. The second-order valence-corrected chi connectivity index (χ2v) is 10.1. The fraction of sp³-hybridized carbons (Fsp3) is 0.0870. The maximum Gasteiger partial charge on any atom is 0.270 e. The van der Waals surface area contributed by atoms with E-state index in [-0.39, 0.29) is 5.91 Å². The molecule has 162 valence electrons. The third-order valence-electron chi connectivity index (χ3n) is 4.52. The number of thioether (sulfide) groups is 1. The van der Waals surface area contributed by atoms with Crippen molar-refractivity contribution in [2.75, 3.05) is 12.0 Å². The number of nitrogens with zero attached hydrogens (tertiary/aromatic N) is 2. The van der Waals surface area contributed by atoms with Gasteiger partial charge in [0.2, 0.25) is 0 Å². The Morgan fingerprint density at radius 3 is 2.62 bits per heavy atom. The van der Waals surface area contributed by atoms with E-state index in [4.69, 9.17) is 21.7 Å². The monoisotopic (exact) mass is 590 g/mol. The van der Waals surface area contributed by atoms with Gasteiger partial charge in [0.1, 0.15) is 6.61 Å². The number of hydrogen-bond acceptors (Lipinski definition) is 6. The Labute approximate surface area is 212 Å². The molecule has 2 heterocycles. The summed E-state index contributed by atoms with van der Waals surface area (Å²) in [6.45, 7) is 0.307. The van der Waals surface area contributed by atoms with Crippen LogP contribution in [-0.4, -0.2) is 22.3 Å². The molecule has 0 radical (unpaired) electrons. The first-order valence-electron chi connectivity index (χ1n) is 9.40. The lowest BCUT2D eigenvalue weighted by molar-refractivity contribution is -0.113. The Morgan fingerprint density at radius 2 is 1.94 bits per heavy atom. The second-order valence-electron chi connectivity index (χ2n) is 6.64. The van der Waals surface area contributed by atoms with Crippen LogP contribution in [0.1, 0.15) is 11.3 Å². The lowest BCUT2D eigenvalue weighted by atomic mass is 10.1. The summed E-state index contributed by atoms with van der Waals surface area (Å²) in [5, 5.41) is 0. The molecule has 3 aromatic rings.